The van der Waals surface area contributed by atoms with Gasteiger partial charge in [-0.1, -0.05) is 0 Å². The third kappa shape index (κ3) is 5.54. The van der Waals surface area contributed by atoms with Gasteiger partial charge in [-0.05, 0) is 31.0 Å². The zero-order valence-corrected chi connectivity index (χ0v) is 11.8. The number of ether oxygens (including phenoxy) is 2. The van der Waals surface area contributed by atoms with E-state index < -0.39 is 11.9 Å². The zero-order chi connectivity index (χ0) is 15.0. The molecular weight excluding hydrogens is 263 g/mol. The molecule has 0 spiro atoms. The summed E-state index contributed by atoms with van der Waals surface area (Å²) < 4.78 is 23.6. The first kappa shape index (κ1) is 16.4. The first-order valence-electron chi connectivity index (χ1n) is 6.49. The quantitative estimate of drug-likeness (QED) is 0.704. The molecule has 112 valence electrons. The van der Waals surface area contributed by atoms with Gasteiger partial charge in [0.05, 0.1) is 0 Å². The lowest BCUT2D eigenvalue weighted by atomic mass is 10.2. The second kappa shape index (κ2) is 8.50. The summed E-state index contributed by atoms with van der Waals surface area (Å²) in [5, 5.41) is 2.72. The van der Waals surface area contributed by atoms with Crippen molar-refractivity contribution in [2.45, 2.75) is 26.0 Å². The molecule has 6 heteroatoms. The van der Waals surface area contributed by atoms with Crippen molar-refractivity contribution in [3.05, 3.63) is 29.6 Å². The number of hydrogen-bond donors (Lipinski definition) is 2. The van der Waals surface area contributed by atoms with E-state index in [1.54, 1.807) is 20.1 Å². The molecule has 0 heterocycles. The van der Waals surface area contributed by atoms with E-state index in [1.807, 2.05) is 0 Å². The van der Waals surface area contributed by atoms with Gasteiger partial charge in [-0.2, -0.15) is 0 Å². The molecule has 0 aliphatic rings. The predicted octanol–water partition coefficient (Wildman–Crippen LogP) is 1.20. The molecule has 1 unspecified atom stereocenters. The highest BCUT2D eigenvalue weighted by Gasteiger charge is 2.14. The number of halogens is 1. The molecule has 0 saturated carbocycles. The number of amides is 1. The molecule has 0 radical (unpaired) electrons. The number of hydrogen-bond acceptors (Lipinski definition) is 4. The molecule has 0 aliphatic heterocycles. The second-order valence-corrected chi connectivity index (χ2v) is 4.40. The van der Waals surface area contributed by atoms with Crippen LogP contribution in [0.5, 0.6) is 5.75 Å². The van der Waals surface area contributed by atoms with Crippen molar-refractivity contribution < 1.29 is 18.7 Å². The van der Waals surface area contributed by atoms with Crippen LogP contribution in [0, 0.1) is 5.82 Å². The first-order chi connectivity index (χ1) is 9.56. The van der Waals surface area contributed by atoms with Crippen LogP contribution in [0.4, 0.5) is 4.39 Å². The Hall–Kier alpha value is -1.66. The van der Waals surface area contributed by atoms with Crippen molar-refractivity contribution in [1.29, 1.82) is 0 Å². The number of carbonyl (C=O) groups is 1. The fourth-order valence-corrected chi connectivity index (χ4v) is 1.64. The van der Waals surface area contributed by atoms with E-state index in [0.717, 1.165) is 6.42 Å². The number of rotatable bonds is 8. The summed E-state index contributed by atoms with van der Waals surface area (Å²) in [4.78, 5) is 11.8. The maximum Gasteiger partial charge on any atom is 0.260 e. The number of nitrogens with two attached hydrogens (primary N) is 1. The molecule has 0 saturated heterocycles. The molecule has 1 aromatic carbocycles. The highest BCUT2D eigenvalue weighted by atomic mass is 19.1. The van der Waals surface area contributed by atoms with Gasteiger partial charge in [0.25, 0.3) is 5.91 Å². The van der Waals surface area contributed by atoms with Crippen LogP contribution in [0.25, 0.3) is 0 Å². The number of nitrogens with one attached hydrogen (secondary N) is 1. The molecule has 1 atom stereocenters. The van der Waals surface area contributed by atoms with Crippen LogP contribution in [0.1, 0.15) is 18.9 Å². The van der Waals surface area contributed by atoms with Gasteiger partial charge in [-0.15, -0.1) is 0 Å². The fraction of sp³-hybridized carbons (Fsp3) is 0.500. The van der Waals surface area contributed by atoms with Gasteiger partial charge < -0.3 is 20.5 Å². The highest BCUT2D eigenvalue weighted by Crippen LogP contribution is 2.17. The summed E-state index contributed by atoms with van der Waals surface area (Å²) in [6.07, 6.45) is 0.0247. The maximum atomic E-state index is 13.3. The molecular formula is C14H21FN2O3. The van der Waals surface area contributed by atoms with Gasteiger partial charge in [-0.3, -0.25) is 4.79 Å². The van der Waals surface area contributed by atoms with E-state index in [0.29, 0.717) is 24.5 Å². The standard InChI is InChI=1S/C14H21FN2O3/c1-10(14(18)17-4-3-5-19-2)20-13-7-11(9-16)6-12(15)8-13/h6-8,10H,3-5,9,16H2,1-2H3,(H,17,18). The van der Waals surface area contributed by atoms with Crippen molar-refractivity contribution >= 4 is 5.91 Å². The number of methoxy groups -OCH3 is 1. The van der Waals surface area contributed by atoms with Crippen LogP contribution in [0.2, 0.25) is 0 Å². The molecule has 0 fully saturated rings. The monoisotopic (exact) mass is 284 g/mol. The van der Waals surface area contributed by atoms with Gasteiger partial charge in [-0.25, -0.2) is 4.39 Å². The number of carbonyl (C=O) groups excluding carboxylic acids is 1. The molecule has 0 aliphatic carbocycles. The topological polar surface area (TPSA) is 73.6 Å². The van der Waals surface area contributed by atoms with E-state index >= 15 is 0 Å². The van der Waals surface area contributed by atoms with Crippen LogP contribution in [-0.4, -0.2) is 32.3 Å². The van der Waals surface area contributed by atoms with E-state index in [-0.39, 0.29) is 12.5 Å². The van der Waals surface area contributed by atoms with Crippen molar-refractivity contribution in [3.8, 4) is 5.75 Å². The number of benzene rings is 1. The van der Waals surface area contributed by atoms with Crippen LogP contribution < -0.4 is 15.8 Å². The van der Waals surface area contributed by atoms with E-state index in [1.165, 1.54) is 12.1 Å². The minimum Gasteiger partial charge on any atom is -0.481 e. The van der Waals surface area contributed by atoms with Crippen molar-refractivity contribution in [3.63, 3.8) is 0 Å². The molecule has 5 nitrogen and oxygen atoms in total. The normalized spacial score (nSPS) is 12.0. The SMILES string of the molecule is COCCCNC(=O)C(C)Oc1cc(F)cc(CN)c1. The fourth-order valence-electron chi connectivity index (χ4n) is 1.64. The molecule has 1 aromatic rings. The van der Waals surface area contributed by atoms with Gasteiger partial charge in [0.15, 0.2) is 6.10 Å². The minimum absolute atomic E-state index is 0.214. The first-order valence-corrected chi connectivity index (χ1v) is 6.49. The van der Waals surface area contributed by atoms with Gasteiger partial charge in [0.2, 0.25) is 0 Å². The summed E-state index contributed by atoms with van der Waals surface area (Å²) in [6.45, 7) is 2.92. The second-order valence-electron chi connectivity index (χ2n) is 4.40. The molecule has 1 amide bonds. The smallest absolute Gasteiger partial charge is 0.260 e. The van der Waals surface area contributed by atoms with Crippen molar-refractivity contribution in [1.82, 2.24) is 5.32 Å². The Morgan fingerprint density at radius 1 is 1.45 bits per heavy atom. The molecule has 0 aromatic heterocycles. The predicted molar refractivity (Wildman–Crippen MR) is 73.9 cm³/mol. The van der Waals surface area contributed by atoms with E-state index in [2.05, 4.69) is 5.32 Å². The van der Waals surface area contributed by atoms with Crippen molar-refractivity contribution in [2.24, 2.45) is 5.73 Å². The van der Waals surface area contributed by atoms with Gasteiger partial charge in [0, 0.05) is 32.9 Å². The Morgan fingerprint density at radius 2 is 2.20 bits per heavy atom. The summed E-state index contributed by atoms with van der Waals surface area (Å²) in [5.41, 5.74) is 6.08. The van der Waals surface area contributed by atoms with E-state index in [9.17, 15) is 9.18 Å². The van der Waals surface area contributed by atoms with E-state index in [4.69, 9.17) is 15.2 Å². The molecule has 1 rings (SSSR count). The summed E-state index contributed by atoms with van der Waals surface area (Å²) in [5.74, 6) is -0.389. The largest absolute Gasteiger partial charge is 0.481 e. The summed E-state index contributed by atoms with van der Waals surface area (Å²) in [7, 11) is 1.60. The third-order valence-electron chi connectivity index (χ3n) is 2.67. The Labute approximate surface area is 118 Å². The Kier molecular flexibility index (Phi) is 6.97. The summed E-state index contributed by atoms with van der Waals surface area (Å²) in [6, 6.07) is 4.19. The zero-order valence-electron chi connectivity index (χ0n) is 11.8. The Balaban J connectivity index is 2.50. The van der Waals surface area contributed by atoms with Crippen molar-refractivity contribution in [2.75, 3.05) is 20.3 Å². The van der Waals surface area contributed by atoms with Gasteiger partial charge in [0.1, 0.15) is 11.6 Å². The molecule has 20 heavy (non-hydrogen) atoms. The van der Waals surface area contributed by atoms with Crippen LogP contribution in [0.15, 0.2) is 18.2 Å². The van der Waals surface area contributed by atoms with Crippen LogP contribution in [-0.2, 0) is 16.1 Å². The molecule has 3 N–H and O–H groups in total. The van der Waals surface area contributed by atoms with Gasteiger partial charge >= 0.3 is 0 Å². The lowest BCUT2D eigenvalue weighted by molar-refractivity contribution is -0.127. The third-order valence-corrected chi connectivity index (χ3v) is 2.67. The molecule has 0 bridgehead atoms. The Bertz CT molecular complexity index is 440. The minimum atomic E-state index is -0.704. The maximum absolute atomic E-state index is 13.3. The lowest BCUT2D eigenvalue weighted by Gasteiger charge is -2.15. The average Bonchev–Trinajstić information content (AvgIpc) is 2.42. The average molecular weight is 284 g/mol. The van der Waals surface area contributed by atoms with Crippen LogP contribution >= 0.6 is 0 Å². The summed E-state index contributed by atoms with van der Waals surface area (Å²) >= 11 is 0. The van der Waals surface area contributed by atoms with Crippen LogP contribution in [0.3, 0.4) is 0 Å². The Morgan fingerprint density at radius 3 is 2.85 bits per heavy atom. The lowest BCUT2D eigenvalue weighted by Crippen LogP contribution is -2.37. The highest BCUT2D eigenvalue weighted by molar-refractivity contribution is 5.80.